The van der Waals surface area contributed by atoms with E-state index in [2.05, 4.69) is 65.6 Å². The molecule has 6 aromatic rings. The number of benzene rings is 4. The molecule has 4 heterocycles. The van der Waals surface area contributed by atoms with E-state index >= 15 is 0 Å². The van der Waals surface area contributed by atoms with Crippen molar-refractivity contribution in [1.82, 2.24) is 9.13 Å². The van der Waals surface area contributed by atoms with Crippen LogP contribution < -0.4 is 25.7 Å². The van der Waals surface area contributed by atoms with Gasteiger partial charge in [-0.05, 0) is 104 Å². The molecule has 0 amide bonds. The van der Waals surface area contributed by atoms with Gasteiger partial charge in [0.05, 0.1) is 34.0 Å². The maximum atomic E-state index is 13.1. The molecule has 0 atom stereocenters. The standard InChI is InChI=1S/C25H25N3OS.C23H19FN4O2/c1-27-23-10-9-18(17-7-8-17)15-21(23)24(22(16-26)25(27)29)28-13-11-20(12-14-28)30-19-5-3-2-4-6-19;1-27-21-7-2-15(13-25)12-19(21)22(20(14-26)23(27)29)28-10-8-18(9-11-28)30-17-5-3-16(24)4-6-17/h2-6,9-10,15,17,20H,7-8,11-14H2,1H3;2-7,12,18H,8-11H2,1H3. The van der Waals surface area contributed by atoms with Crippen LogP contribution in [0.5, 0.6) is 5.75 Å². The molecule has 0 unspecified atom stereocenters. The number of aryl methyl sites for hydroxylation is 2. The molecule has 10 nitrogen and oxygen atoms in total. The molecule has 2 aliphatic heterocycles. The van der Waals surface area contributed by atoms with Gasteiger partial charge in [-0.25, -0.2) is 4.39 Å². The van der Waals surface area contributed by atoms with Gasteiger partial charge in [-0.3, -0.25) is 9.59 Å². The molecule has 0 N–H and O–H groups in total. The van der Waals surface area contributed by atoms with E-state index in [0.29, 0.717) is 65.0 Å². The summed E-state index contributed by atoms with van der Waals surface area (Å²) in [5.41, 5.74) is 4.65. The van der Waals surface area contributed by atoms with E-state index in [1.54, 1.807) is 49.0 Å². The zero-order chi connectivity index (χ0) is 41.9. The first-order valence-corrected chi connectivity index (χ1v) is 21.2. The number of nitriles is 3. The van der Waals surface area contributed by atoms with Gasteiger partial charge in [0.15, 0.2) is 0 Å². The summed E-state index contributed by atoms with van der Waals surface area (Å²) in [6, 6.07) is 34.5. The summed E-state index contributed by atoms with van der Waals surface area (Å²) in [6.45, 7) is 2.93. The summed E-state index contributed by atoms with van der Waals surface area (Å²) < 4.78 is 22.1. The molecule has 2 aromatic heterocycles. The van der Waals surface area contributed by atoms with Gasteiger partial charge in [-0.2, -0.15) is 15.8 Å². The topological polar surface area (TPSA) is 131 Å². The minimum absolute atomic E-state index is 0.0373. The quantitative estimate of drug-likeness (QED) is 0.156. The lowest BCUT2D eigenvalue weighted by atomic mass is 10.0. The number of aromatic nitrogens is 2. The number of ether oxygens (including phenoxy) is 1. The Morgan fingerprint density at radius 1 is 0.650 bits per heavy atom. The molecule has 302 valence electrons. The van der Waals surface area contributed by atoms with Crippen LogP contribution in [0.15, 0.2) is 105 Å². The molecular weight excluding hydrogens is 774 g/mol. The van der Waals surface area contributed by atoms with Crippen LogP contribution in [0, 0.1) is 39.8 Å². The molecule has 0 spiro atoms. The highest BCUT2D eigenvalue weighted by Gasteiger charge is 2.29. The largest absolute Gasteiger partial charge is 0.490 e. The van der Waals surface area contributed by atoms with Gasteiger partial charge in [0.25, 0.3) is 11.1 Å². The van der Waals surface area contributed by atoms with Crippen molar-refractivity contribution in [1.29, 1.82) is 15.8 Å². The highest BCUT2D eigenvalue weighted by Crippen LogP contribution is 2.43. The van der Waals surface area contributed by atoms with Crippen molar-refractivity contribution in [3.63, 3.8) is 0 Å². The van der Waals surface area contributed by atoms with E-state index in [1.165, 1.54) is 40.0 Å². The third-order valence-electron chi connectivity index (χ3n) is 11.8. The van der Waals surface area contributed by atoms with Gasteiger partial charge >= 0.3 is 0 Å². The zero-order valence-electron chi connectivity index (χ0n) is 33.6. The number of anilines is 2. The first-order valence-electron chi connectivity index (χ1n) is 20.3. The lowest BCUT2D eigenvalue weighted by Gasteiger charge is -2.35. The SMILES string of the molecule is Cn1c(=O)c(C#N)c(N2CCC(Oc3ccc(F)cc3)CC2)c2cc(C#N)ccc21.Cn1c(=O)c(C#N)c(N2CCC(Sc3ccccc3)CC2)c2cc(C3CC3)ccc21. The van der Waals surface area contributed by atoms with Gasteiger partial charge in [0, 0.05) is 74.0 Å². The molecule has 0 radical (unpaired) electrons. The van der Waals surface area contributed by atoms with Crippen LogP contribution in [0.2, 0.25) is 0 Å². The number of piperidine rings is 2. The average molecular weight is 818 g/mol. The number of nitrogens with zero attached hydrogens (tertiary/aromatic N) is 7. The minimum Gasteiger partial charge on any atom is -0.490 e. The molecule has 4 aromatic carbocycles. The molecule has 60 heavy (non-hydrogen) atoms. The van der Waals surface area contributed by atoms with Crippen LogP contribution in [-0.2, 0) is 14.1 Å². The third-order valence-corrected chi connectivity index (χ3v) is 13.2. The first kappa shape index (κ1) is 40.2. The predicted molar refractivity (Wildman–Crippen MR) is 234 cm³/mol. The molecule has 3 aliphatic rings. The van der Waals surface area contributed by atoms with Crippen molar-refractivity contribution in [2.45, 2.75) is 60.7 Å². The normalized spacial score (nSPS) is 15.8. The number of hydrogen-bond donors (Lipinski definition) is 0. The summed E-state index contributed by atoms with van der Waals surface area (Å²) in [7, 11) is 3.40. The van der Waals surface area contributed by atoms with Crippen molar-refractivity contribution >= 4 is 44.9 Å². The second kappa shape index (κ2) is 17.4. The van der Waals surface area contributed by atoms with Gasteiger partial charge in [0.2, 0.25) is 0 Å². The molecule has 1 saturated carbocycles. The van der Waals surface area contributed by atoms with Crippen LogP contribution >= 0.6 is 11.8 Å². The lowest BCUT2D eigenvalue weighted by Crippen LogP contribution is -2.40. The van der Waals surface area contributed by atoms with Gasteiger partial charge in [-0.15, -0.1) is 11.8 Å². The van der Waals surface area contributed by atoms with Crippen LogP contribution in [0.25, 0.3) is 21.8 Å². The number of hydrogen-bond acceptors (Lipinski definition) is 9. The number of fused-ring (bicyclic) bond motifs is 2. The Balaban J connectivity index is 0.000000166. The molecule has 3 fully saturated rings. The number of thioether (sulfide) groups is 1. The first-order chi connectivity index (χ1) is 29.2. The van der Waals surface area contributed by atoms with Crippen molar-refractivity contribution in [3.8, 4) is 24.0 Å². The lowest BCUT2D eigenvalue weighted by molar-refractivity contribution is 0.171. The van der Waals surface area contributed by atoms with Gasteiger partial charge < -0.3 is 23.7 Å². The number of halogens is 1. The van der Waals surface area contributed by atoms with Crippen LogP contribution in [0.4, 0.5) is 15.8 Å². The van der Waals surface area contributed by atoms with E-state index in [9.17, 15) is 29.8 Å². The Labute approximate surface area is 352 Å². The maximum Gasteiger partial charge on any atom is 0.270 e. The smallest absolute Gasteiger partial charge is 0.270 e. The summed E-state index contributed by atoms with van der Waals surface area (Å²) in [4.78, 5) is 31.3. The second-order valence-corrected chi connectivity index (χ2v) is 17.0. The predicted octanol–water partition coefficient (Wildman–Crippen LogP) is 8.52. The Kier molecular flexibility index (Phi) is 11.6. The molecule has 2 saturated heterocycles. The summed E-state index contributed by atoms with van der Waals surface area (Å²) >= 11 is 1.94. The van der Waals surface area contributed by atoms with Crippen molar-refractivity contribution in [2.75, 3.05) is 36.0 Å². The van der Waals surface area contributed by atoms with E-state index in [0.717, 1.165) is 42.5 Å². The van der Waals surface area contributed by atoms with Crippen LogP contribution in [-0.4, -0.2) is 46.7 Å². The molecule has 0 bridgehead atoms. The Hall–Kier alpha value is -6.55. The highest BCUT2D eigenvalue weighted by molar-refractivity contribution is 8.00. The van der Waals surface area contributed by atoms with E-state index in [-0.39, 0.29) is 34.2 Å². The molecular formula is C48H44FN7O3S. The Morgan fingerprint density at radius 2 is 1.20 bits per heavy atom. The number of rotatable bonds is 7. The Bertz CT molecular complexity index is 2820. The van der Waals surface area contributed by atoms with Crippen molar-refractivity contribution in [3.05, 3.63) is 140 Å². The van der Waals surface area contributed by atoms with Gasteiger partial charge in [-0.1, -0.05) is 24.3 Å². The van der Waals surface area contributed by atoms with Gasteiger partial charge in [0.1, 0.15) is 40.9 Å². The minimum atomic E-state index is -0.352. The molecule has 12 heteroatoms. The van der Waals surface area contributed by atoms with Crippen LogP contribution in [0.1, 0.15) is 66.7 Å². The monoisotopic (exact) mass is 817 g/mol. The van der Waals surface area contributed by atoms with E-state index in [1.807, 2.05) is 22.7 Å². The van der Waals surface area contributed by atoms with E-state index in [4.69, 9.17) is 4.74 Å². The zero-order valence-corrected chi connectivity index (χ0v) is 34.4. The molecule has 9 rings (SSSR count). The number of pyridine rings is 2. The Morgan fingerprint density at radius 3 is 1.75 bits per heavy atom. The third kappa shape index (κ3) is 8.19. The fourth-order valence-electron chi connectivity index (χ4n) is 8.47. The average Bonchev–Trinajstić information content (AvgIpc) is 4.14. The highest BCUT2D eigenvalue weighted by atomic mass is 32.2. The second-order valence-electron chi connectivity index (χ2n) is 15.7. The fraction of sp³-hybridized carbons (Fsp3) is 0.312. The summed E-state index contributed by atoms with van der Waals surface area (Å²) in [6.07, 6.45) is 5.91. The van der Waals surface area contributed by atoms with Crippen molar-refractivity contribution < 1.29 is 9.13 Å². The van der Waals surface area contributed by atoms with E-state index < -0.39 is 0 Å². The van der Waals surface area contributed by atoms with Crippen LogP contribution in [0.3, 0.4) is 0 Å². The van der Waals surface area contributed by atoms with Crippen molar-refractivity contribution in [2.24, 2.45) is 14.1 Å². The molecule has 1 aliphatic carbocycles. The summed E-state index contributed by atoms with van der Waals surface area (Å²) in [5.74, 6) is 0.943. The maximum absolute atomic E-state index is 13.1. The fourth-order valence-corrected chi connectivity index (χ4v) is 9.62. The summed E-state index contributed by atoms with van der Waals surface area (Å²) in [5, 5.41) is 31.2.